The Bertz CT molecular complexity index is 791. The Morgan fingerprint density at radius 2 is 1.83 bits per heavy atom. The lowest BCUT2D eigenvalue weighted by Gasteiger charge is -2.36. The number of benzene rings is 1. The zero-order chi connectivity index (χ0) is 19.2. The van der Waals surface area contributed by atoms with Crippen molar-refractivity contribution in [2.45, 2.75) is 19.4 Å². The van der Waals surface area contributed by atoms with E-state index in [0.717, 1.165) is 56.4 Å². The highest BCUT2D eigenvalue weighted by molar-refractivity contribution is 14.0. The summed E-state index contributed by atoms with van der Waals surface area (Å²) in [4.78, 5) is 17.7. The third kappa shape index (κ3) is 5.94. The number of piperazine rings is 1. The fourth-order valence-electron chi connectivity index (χ4n) is 3.36. The molecule has 1 saturated heterocycles. The van der Waals surface area contributed by atoms with Crippen molar-refractivity contribution >= 4 is 35.9 Å². The van der Waals surface area contributed by atoms with Crippen molar-refractivity contribution in [2.75, 3.05) is 44.7 Å². The smallest absolute Gasteiger partial charge is 0.225 e. The predicted octanol–water partition coefficient (Wildman–Crippen LogP) is 2.78. The van der Waals surface area contributed by atoms with E-state index in [-0.39, 0.29) is 24.0 Å². The summed E-state index contributed by atoms with van der Waals surface area (Å²) < 4.78 is 6.02. The average molecular weight is 508 g/mol. The highest BCUT2D eigenvalue weighted by Crippen LogP contribution is 2.30. The summed E-state index contributed by atoms with van der Waals surface area (Å²) in [5.41, 5.74) is 1.17. The molecule has 1 aliphatic heterocycles. The minimum Gasteiger partial charge on any atom is -0.493 e. The quantitative estimate of drug-likeness (QED) is 0.368. The van der Waals surface area contributed by atoms with E-state index in [4.69, 9.17) is 4.74 Å². The molecule has 1 aromatic carbocycles. The molecule has 7 nitrogen and oxygen atoms in total. The molecule has 0 radical (unpaired) electrons. The summed E-state index contributed by atoms with van der Waals surface area (Å²) in [7, 11) is 1.84. The number of nitrogens with one attached hydrogen (secondary N) is 1. The van der Waals surface area contributed by atoms with E-state index in [0.29, 0.717) is 6.54 Å². The van der Waals surface area contributed by atoms with Crippen LogP contribution in [0.2, 0.25) is 0 Å². The van der Waals surface area contributed by atoms with Gasteiger partial charge >= 0.3 is 0 Å². The van der Waals surface area contributed by atoms with Crippen molar-refractivity contribution in [3.05, 3.63) is 48.3 Å². The third-order valence-corrected chi connectivity index (χ3v) is 5.21. The molecule has 1 aromatic heterocycles. The van der Waals surface area contributed by atoms with E-state index in [9.17, 15) is 0 Å². The maximum Gasteiger partial charge on any atom is 0.225 e. The van der Waals surface area contributed by atoms with Crippen LogP contribution in [0.15, 0.2) is 47.7 Å². The second-order valence-electron chi connectivity index (χ2n) is 7.29. The summed E-state index contributed by atoms with van der Waals surface area (Å²) in [5.74, 6) is 3.44. The SMILES string of the molecule is CN=C(NCc1ccccc1OCC1CC1)N1CCN(c2ncccn2)CC1.I. The molecule has 1 saturated carbocycles. The Balaban J connectivity index is 0.00000240. The van der Waals surface area contributed by atoms with Crippen LogP contribution in [0, 0.1) is 5.92 Å². The van der Waals surface area contributed by atoms with Gasteiger partial charge in [0.05, 0.1) is 6.61 Å². The van der Waals surface area contributed by atoms with E-state index in [1.165, 1.54) is 18.4 Å². The van der Waals surface area contributed by atoms with Crippen LogP contribution in [0.25, 0.3) is 0 Å². The Labute approximate surface area is 189 Å². The molecular weight excluding hydrogens is 479 g/mol. The summed E-state index contributed by atoms with van der Waals surface area (Å²) in [6.07, 6.45) is 6.18. The number of ether oxygens (including phenoxy) is 1. The van der Waals surface area contributed by atoms with Gasteiger partial charge in [-0.15, -0.1) is 24.0 Å². The van der Waals surface area contributed by atoms with Gasteiger partial charge in [0.15, 0.2) is 5.96 Å². The maximum atomic E-state index is 6.02. The van der Waals surface area contributed by atoms with Crippen LogP contribution < -0.4 is 15.0 Å². The molecule has 0 atom stereocenters. The third-order valence-electron chi connectivity index (χ3n) is 5.21. The number of anilines is 1. The number of para-hydroxylation sites is 1. The maximum absolute atomic E-state index is 6.02. The number of rotatable bonds is 6. The fraction of sp³-hybridized carbons (Fsp3) is 0.476. The molecule has 0 unspecified atom stereocenters. The van der Waals surface area contributed by atoms with Gasteiger partial charge in [-0.1, -0.05) is 18.2 Å². The van der Waals surface area contributed by atoms with Crippen molar-refractivity contribution in [3.8, 4) is 5.75 Å². The molecule has 8 heteroatoms. The fourth-order valence-corrected chi connectivity index (χ4v) is 3.36. The minimum absolute atomic E-state index is 0. The van der Waals surface area contributed by atoms with Crippen LogP contribution in [0.4, 0.5) is 5.95 Å². The zero-order valence-electron chi connectivity index (χ0n) is 16.8. The summed E-state index contributed by atoms with van der Waals surface area (Å²) in [5, 5.41) is 3.50. The standard InChI is InChI=1S/C21H28N6O.HI/c1-22-20(26-11-13-27(14-12-26)21-23-9-4-10-24-21)25-15-18-5-2-3-6-19(18)28-16-17-7-8-17;/h2-6,9-10,17H,7-8,11-16H2,1H3,(H,22,25);1H. The van der Waals surface area contributed by atoms with Gasteiger partial charge < -0.3 is 19.9 Å². The molecule has 0 spiro atoms. The first-order valence-corrected chi connectivity index (χ1v) is 10.0. The molecule has 1 N–H and O–H groups in total. The van der Waals surface area contributed by atoms with Gasteiger partial charge in [0, 0.05) is 57.7 Å². The minimum atomic E-state index is 0. The Morgan fingerprint density at radius 1 is 1.10 bits per heavy atom. The summed E-state index contributed by atoms with van der Waals surface area (Å²) >= 11 is 0. The molecule has 0 amide bonds. The van der Waals surface area contributed by atoms with E-state index in [1.807, 2.05) is 19.2 Å². The molecule has 2 fully saturated rings. The van der Waals surface area contributed by atoms with Gasteiger partial charge in [-0.3, -0.25) is 4.99 Å². The highest BCUT2D eigenvalue weighted by Gasteiger charge is 2.23. The van der Waals surface area contributed by atoms with Crippen molar-refractivity contribution in [1.82, 2.24) is 20.2 Å². The number of aromatic nitrogens is 2. The molecule has 1 aliphatic carbocycles. The molecule has 29 heavy (non-hydrogen) atoms. The van der Waals surface area contributed by atoms with E-state index < -0.39 is 0 Å². The Morgan fingerprint density at radius 3 is 2.52 bits per heavy atom. The average Bonchev–Trinajstić information content (AvgIpc) is 3.59. The first-order chi connectivity index (χ1) is 13.8. The molecule has 156 valence electrons. The molecule has 2 aliphatic rings. The van der Waals surface area contributed by atoms with Crippen LogP contribution in [0.1, 0.15) is 18.4 Å². The largest absolute Gasteiger partial charge is 0.493 e. The van der Waals surface area contributed by atoms with Crippen molar-refractivity contribution in [1.29, 1.82) is 0 Å². The van der Waals surface area contributed by atoms with Crippen LogP contribution in [0.5, 0.6) is 5.75 Å². The number of aliphatic imine (C=N–C) groups is 1. The molecule has 2 aromatic rings. The van der Waals surface area contributed by atoms with Gasteiger partial charge in [0.25, 0.3) is 0 Å². The second kappa shape index (κ2) is 10.6. The lowest BCUT2D eigenvalue weighted by Crippen LogP contribution is -2.52. The molecule has 0 bridgehead atoms. The topological polar surface area (TPSA) is 65.9 Å². The first kappa shape index (κ1) is 21.6. The van der Waals surface area contributed by atoms with Crippen molar-refractivity contribution in [2.24, 2.45) is 10.9 Å². The van der Waals surface area contributed by atoms with Crippen molar-refractivity contribution in [3.63, 3.8) is 0 Å². The number of nitrogens with zero attached hydrogens (tertiary/aromatic N) is 5. The van der Waals surface area contributed by atoms with E-state index in [1.54, 1.807) is 12.4 Å². The number of guanidine groups is 1. The highest BCUT2D eigenvalue weighted by atomic mass is 127. The number of hydrogen-bond donors (Lipinski definition) is 1. The first-order valence-electron chi connectivity index (χ1n) is 10.0. The molecule has 2 heterocycles. The van der Waals surface area contributed by atoms with Crippen LogP contribution in [-0.4, -0.2) is 60.7 Å². The van der Waals surface area contributed by atoms with Gasteiger partial charge in [0.1, 0.15) is 5.75 Å². The van der Waals surface area contributed by atoms with Crippen LogP contribution in [-0.2, 0) is 6.54 Å². The van der Waals surface area contributed by atoms with Gasteiger partial charge in [0.2, 0.25) is 5.95 Å². The predicted molar refractivity (Wildman–Crippen MR) is 126 cm³/mol. The van der Waals surface area contributed by atoms with E-state index >= 15 is 0 Å². The number of hydrogen-bond acceptors (Lipinski definition) is 5. The van der Waals surface area contributed by atoms with Gasteiger partial charge in [-0.25, -0.2) is 9.97 Å². The van der Waals surface area contributed by atoms with Crippen molar-refractivity contribution < 1.29 is 4.74 Å². The summed E-state index contributed by atoms with van der Waals surface area (Å²) in [6.45, 7) is 5.07. The summed E-state index contributed by atoms with van der Waals surface area (Å²) in [6, 6.07) is 10.1. The van der Waals surface area contributed by atoms with E-state index in [2.05, 4.69) is 48.3 Å². The Hall–Kier alpha value is -2.10. The van der Waals surface area contributed by atoms with Crippen LogP contribution >= 0.6 is 24.0 Å². The lowest BCUT2D eigenvalue weighted by atomic mass is 10.2. The monoisotopic (exact) mass is 508 g/mol. The van der Waals surface area contributed by atoms with Crippen LogP contribution in [0.3, 0.4) is 0 Å². The van der Waals surface area contributed by atoms with Gasteiger partial charge in [-0.05, 0) is 30.9 Å². The lowest BCUT2D eigenvalue weighted by molar-refractivity contribution is 0.296. The Kier molecular flexibility index (Phi) is 7.91. The second-order valence-corrected chi connectivity index (χ2v) is 7.29. The van der Waals surface area contributed by atoms with Gasteiger partial charge in [-0.2, -0.15) is 0 Å². The number of halogens is 1. The normalized spacial score (nSPS) is 16.9. The molecule has 4 rings (SSSR count). The molecular formula is C21H29IN6O. The zero-order valence-corrected chi connectivity index (χ0v) is 19.2.